The molecular formula is C55H31N5OS. The molecule has 62 heavy (non-hydrogen) atoms. The van der Waals surface area contributed by atoms with E-state index in [0.717, 1.165) is 77.0 Å². The van der Waals surface area contributed by atoms with Crippen LogP contribution in [-0.4, -0.2) is 24.1 Å². The lowest BCUT2D eigenvalue weighted by atomic mass is 10.0. The predicted octanol–water partition coefficient (Wildman–Crippen LogP) is 14.8. The molecule has 0 saturated heterocycles. The van der Waals surface area contributed by atoms with Gasteiger partial charge in [-0.3, -0.25) is 4.57 Å². The number of hydrogen-bond acceptors (Lipinski definition) is 5. The number of aromatic nitrogens is 5. The standard InChI is InChI=1S/C55H31N5OS/c1-2-15-33-29-46-40(28-32(33)14-1)36-18-5-8-22-43(36)59(46)47-31-49-41(37-19-6-11-25-48(37)61-49)30-42(47)54-56-53(39-21-13-27-51-52(39)38-20-7-12-26-50(38)62-51)57-55(58-54)60-44-23-9-3-16-34(44)35-17-4-10-24-45(35)60/h1-31H. The second-order valence-corrected chi connectivity index (χ2v) is 17.0. The highest BCUT2D eigenvalue weighted by Crippen LogP contribution is 2.43. The Kier molecular flexibility index (Phi) is 6.89. The van der Waals surface area contributed by atoms with Crippen molar-refractivity contribution in [3.8, 4) is 34.4 Å². The van der Waals surface area contributed by atoms with E-state index in [1.807, 2.05) is 12.1 Å². The molecule has 0 aliphatic carbocycles. The van der Waals surface area contributed by atoms with Crippen molar-refractivity contribution in [2.24, 2.45) is 0 Å². The van der Waals surface area contributed by atoms with Crippen molar-refractivity contribution in [2.75, 3.05) is 0 Å². The lowest BCUT2D eigenvalue weighted by Crippen LogP contribution is -2.08. The molecule has 0 atom stereocenters. The molecule has 0 unspecified atom stereocenters. The van der Waals surface area contributed by atoms with Crippen LogP contribution in [0.4, 0.5) is 0 Å². The molecule has 14 aromatic rings. The van der Waals surface area contributed by atoms with Gasteiger partial charge in [0.15, 0.2) is 11.6 Å². The van der Waals surface area contributed by atoms with Crippen LogP contribution in [0.5, 0.6) is 0 Å². The largest absolute Gasteiger partial charge is 0.456 e. The molecular weight excluding hydrogens is 779 g/mol. The molecule has 0 amide bonds. The summed E-state index contributed by atoms with van der Waals surface area (Å²) in [6.45, 7) is 0. The van der Waals surface area contributed by atoms with Crippen LogP contribution in [0, 0.1) is 0 Å². The molecule has 288 valence electrons. The van der Waals surface area contributed by atoms with E-state index in [9.17, 15) is 0 Å². The summed E-state index contributed by atoms with van der Waals surface area (Å²) in [5.74, 6) is 1.73. The molecule has 5 aromatic heterocycles. The van der Waals surface area contributed by atoms with E-state index in [-0.39, 0.29) is 0 Å². The molecule has 6 nitrogen and oxygen atoms in total. The minimum atomic E-state index is 0.551. The fraction of sp³-hybridized carbons (Fsp3) is 0. The van der Waals surface area contributed by atoms with Gasteiger partial charge in [0.25, 0.3) is 0 Å². The minimum absolute atomic E-state index is 0.551. The van der Waals surface area contributed by atoms with Crippen LogP contribution in [0.15, 0.2) is 192 Å². The summed E-state index contributed by atoms with van der Waals surface area (Å²) < 4.78 is 13.6. The first-order chi connectivity index (χ1) is 30.7. The summed E-state index contributed by atoms with van der Waals surface area (Å²) in [7, 11) is 0. The van der Waals surface area contributed by atoms with Crippen LogP contribution < -0.4 is 0 Å². The van der Waals surface area contributed by atoms with Crippen LogP contribution >= 0.6 is 11.3 Å². The van der Waals surface area contributed by atoms with Crippen LogP contribution in [0.1, 0.15) is 0 Å². The fourth-order valence-corrected chi connectivity index (χ4v) is 11.0. The van der Waals surface area contributed by atoms with Gasteiger partial charge < -0.3 is 8.98 Å². The third kappa shape index (κ3) is 4.76. The van der Waals surface area contributed by atoms with E-state index in [4.69, 9.17) is 19.4 Å². The first-order valence-electron chi connectivity index (χ1n) is 20.8. The van der Waals surface area contributed by atoms with E-state index < -0.39 is 0 Å². The lowest BCUT2D eigenvalue weighted by Gasteiger charge is -2.16. The van der Waals surface area contributed by atoms with Crippen molar-refractivity contribution in [1.82, 2.24) is 24.1 Å². The number of nitrogens with zero attached hydrogens (tertiary/aromatic N) is 5. The van der Waals surface area contributed by atoms with E-state index >= 15 is 0 Å². The number of thiophene rings is 1. The lowest BCUT2D eigenvalue weighted by molar-refractivity contribution is 0.668. The molecule has 0 N–H and O–H groups in total. The zero-order valence-electron chi connectivity index (χ0n) is 33.0. The monoisotopic (exact) mass is 809 g/mol. The van der Waals surface area contributed by atoms with Crippen LogP contribution in [0.2, 0.25) is 0 Å². The van der Waals surface area contributed by atoms with Gasteiger partial charge >= 0.3 is 0 Å². The van der Waals surface area contributed by atoms with Crippen molar-refractivity contribution in [2.45, 2.75) is 0 Å². The summed E-state index contributed by atoms with van der Waals surface area (Å²) in [4.78, 5) is 16.6. The molecule has 9 aromatic carbocycles. The maximum Gasteiger partial charge on any atom is 0.238 e. The van der Waals surface area contributed by atoms with Gasteiger partial charge in [0.1, 0.15) is 11.2 Å². The predicted molar refractivity (Wildman–Crippen MR) is 257 cm³/mol. The molecule has 5 heterocycles. The molecule has 0 aliphatic heterocycles. The average Bonchev–Trinajstić information content (AvgIpc) is 4.07. The van der Waals surface area contributed by atoms with Crippen LogP contribution in [-0.2, 0) is 0 Å². The number of fused-ring (bicyclic) bond motifs is 13. The summed E-state index contributed by atoms with van der Waals surface area (Å²) in [5, 5.41) is 11.4. The Morgan fingerprint density at radius 2 is 0.952 bits per heavy atom. The van der Waals surface area contributed by atoms with Gasteiger partial charge in [-0.25, -0.2) is 4.98 Å². The van der Waals surface area contributed by atoms with Crippen molar-refractivity contribution >= 4 is 108 Å². The average molecular weight is 810 g/mol. The van der Waals surface area contributed by atoms with Crippen molar-refractivity contribution in [1.29, 1.82) is 0 Å². The zero-order valence-corrected chi connectivity index (χ0v) is 33.8. The number of rotatable bonds is 4. The van der Waals surface area contributed by atoms with Gasteiger partial charge in [0, 0.05) is 69.7 Å². The third-order valence-electron chi connectivity index (χ3n) is 12.6. The second-order valence-electron chi connectivity index (χ2n) is 16.0. The highest BCUT2D eigenvalue weighted by atomic mass is 32.1. The van der Waals surface area contributed by atoms with E-state index in [2.05, 4.69) is 185 Å². The highest BCUT2D eigenvalue weighted by Gasteiger charge is 2.24. The maximum atomic E-state index is 6.66. The van der Waals surface area contributed by atoms with Gasteiger partial charge in [0.2, 0.25) is 5.95 Å². The Bertz CT molecular complexity index is 4130. The fourth-order valence-electron chi connectivity index (χ4n) is 9.84. The van der Waals surface area contributed by atoms with Gasteiger partial charge in [-0.05, 0) is 65.4 Å². The molecule has 0 radical (unpaired) electrons. The summed E-state index contributed by atoms with van der Waals surface area (Å²) in [6, 6.07) is 66.6. The Morgan fingerprint density at radius 3 is 1.71 bits per heavy atom. The van der Waals surface area contributed by atoms with Gasteiger partial charge in [-0.1, -0.05) is 127 Å². The molecule has 0 saturated carbocycles. The molecule has 0 bridgehead atoms. The zero-order chi connectivity index (χ0) is 40.5. The Balaban J connectivity index is 1.15. The first-order valence-corrected chi connectivity index (χ1v) is 21.6. The number of furan rings is 1. The van der Waals surface area contributed by atoms with Crippen molar-refractivity contribution in [3.05, 3.63) is 188 Å². The molecule has 7 heteroatoms. The van der Waals surface area contributed by atoms with E-state index in [1.165, 1.54) is 36.3 Å². The smallest absolute Gasteiger partial charge is 0.238 e. The SMILES string of the molecule is c1ccc2cc3c(cc2c1)c1ccccc1n3-c1cc2oc3ccccc3c2cc1-c1nc(-c2cccc3sc4ccccc4c23)nc(-n2c3ccccc3c3ccccc32)n1. The van der Waals surface area contributed by atoms with Crippen molar-refractivity contribution in [3.63, 3.8) is 0 Å². The number of para-hydroxylation sites is 4. The van der Waals surface area contributed by atoms with Crippen LogP contribution in [0.3, 0.4) is 0 Å². The molecule has 0 spiro atoms. The topological polar surface area (TPSA) is 61.7 Å². The Hall–Kier alpha value is -8.13. The summed E-state index contributed by atoms with van der Waals surface area (Å²) in [5.41, 5.74) is 8.61. The maximum absolute atomic E-state index is 6.66. The number of hydrogen-bond donors (Lipinski definition) is 0. The first kappa shape index (κ1) is 33.7. The van der Waals surface area contributed by atoms with Crippen LogP contribution in [0.25, 0.3) is 131 Å². The third-order valence-corrected chi connectivity index (χ3v) is 13.7. The Morgan fingerprint density at radius 1 is 0.371 bits per heavy atom. The molecule has 0 aliphatic rings. The number of benzene rings is 9. The van der Waals surface area contributed by atoms with Gasteiger partial charge in [-0.15, -0.1) is 11.3 Å². The quantitative estimate of drug-likeness (QED) is 0.178. The van der Waals surface area contributed by atoms with Gasteiger partial charge in [-0.2, -0.15) is 9.97 Å². The Labute approximate surface area is 357 Å². The highest BCUT2D eigenvalue weighted by molar-refractivity contribution is 7.25. The van der Waals surface area contributed by atoms with E-state index in [1.54, 1.807) is 11.3 Å². The van der Waals surface area contributed by atoms with E-state index in [0.29, 0.717) is 17.6 Å². The minimum Gasteiger partial charge on any atom is -0.456 e. The summed E-state index contributed by atoms with van der Waals surface area (Å²) >= 11 is 1.79. The normalized spacial score (nSPS) is 12.2. The molecule has 0 fully saturated rings. The summed E-state index contributed by atoms with van der Waals surface area (Å²) in [6.07, 6.45) is 0. The molecule has 14 rings (SSSR count). The van der Waals surface area contributed by atoms with Gasteiger partial charge in [0.05, 0.1) is 27.8 Å². The second kappa shape index (κ2) is 12.7. The van der Waals surface area contributed by atoms with Crippen molar-refractivity contribution < 1.29 is 4.42 Å².